The maximum Gasteiger partial charge on any atom is 0.104 e. The SMILES string of the molecule is CN(C)C1=NC(c2ccc(C#N)cc2)c2ccccc2C1.Cl. The van der Waals surface area contributed by atoms with Crippen molar-refractivity contribution < 1.29 is 0 Å². The zero-order chi connectivity index (χ0) is 14.8. The molecule has 2 aromatic rings. The van der Waals surface area contributed by atoms with Crippen LogP contribution >= 0.6 is 12.4 Å². The number of aliphatic imine (C=N–C) groups is 1. The Kier molecular flexibility index (Phi) is 4.85. The highest BCUT2D eigenvalue weighted by Gasteiger charge is 2.23. The average molecular weight is 312 g/mol. The van der Waals surface area contributed by atoms with Crippen LogP contribution < -0.4 is 0 Å². The Bertz CT molecular complexity index is 727. The summed E-state index contributed by atoms with van der Waals surface area (Å²) in [6.45, 7) is 0. The van der Waals surface area contributed by atoms with E-state index in [1.54, 1.807) is 0 Å². The van der Waals surface area contributed by atoms with E-state index < -0.39 is 0 Å². The third-order valence-corrected chi connectivity index (χ3v) is 3.85. The molecule has 2 aromatic carbocycles. The third-order valence-electron chi connectivity index (χ3n) is 3.85. The molecule has 1 unspecified atom stereocenters. The molecule has 112 valence electrons. The summed E-state index contributed by atoms with van der Waals surface area (Å²) in [5.41, 5.74) is 4.39. The highest BCUT2D eigenvalue weighted by atomic mass is 35.5. The number of hydrogen-bond acceptors (Lipinski definition) is 3. The summed E-state index contributed by atoms with van der Waals surface area (Å²) in [4.78, 5) is 6.98. The molecule has 1 heterocycles. The highest BCUT2D eigenvalue weighted by molar-refractivity contribution is 5.86. The van der Waals surface area contributed by atoms with Crippen LogP contribution in [0.1, 0.15) is 28.3 Å². The molecule has 3 nitrogen and oxygen atoms in total. The Morgan fingerprint density at radius 3 is 2.41 bits per heavy atom. The van der Waals surface area contributed by atoms with Gasteiger partial charge >= 0.3 is 0 Å². The number of likely N-dealkylation sites (N-methyl/N-ethyl adjacent to an activating group) is 1. The van der Waals surface area contributed by atoms with Crippen molar-refractivity contribution in [3.8, 4) is 6.07 Å². The van der Waals surface area contributed by atoms with E-state index in [1.807, 2.05) is 38.4 Å². The van der Waals surface area contributed by atoms with Gasteiger partial charge in [-0.3, -0.25) is 4.99 Å². The fraction of sp³-hybridized carbons (Fsp3) is 0.222. The van der Waals surface area contributed by atoms with Crippen molar-refractivity contribution >= 4 is 18.2 Å². The molecular formula is C18H18ClN3. The number of halogens is 1. The first-order valence-corrected chi connectivity index (χ1v) is 7.01. The number of rotatable bonds is 1. The first-order chi connectivity index (χ1) is 10.2. The molecule has 0 N–H and O–H groups in total. The zero-order valence-electron chi connectivity index (χ0n) is 12.7. The summed E-state index contributed by atoms with van der Waals surface area (Å²) in [6, 6.07) is 18.4. The van der Waals surface area contributed by atoms with Gasteiger partial charge < -0.3 is 4.90 Å². The molecule has 1 atom stereocenters. The highest BCUT2D eigenvalue weighted by Crippen LogP contribution is 2.33. The van der Waals surface area contributed by atoms with Crippen molar-refractivity contribution in [2.45, 2.75) is 12.5 Å². The Balaban J connectivity index is 0.00000176. The first-order valence-electron chi connectivity index (χ1n) is 7.01. The van der Waals surface area contributed by atoms with Crippen LogP contribution in [0, 0.1) is 11.3 Å². The van der Waals surface area contributed by atoms with Gasteiger partial charge in [0.25, 0.3) is 0 Å². The Morgan fingerprint density at radius 2 is 1.77 bits per heavy atom. The molecule has 0 saturated carbocycles. The summed E-state index contributed by atoms with van der Waals surface area (Å²) >= 11 is 0. The van der Waals surface area contributed by atoms with E-state index in [0.717, 1.165) is 17.8 Å². The second-order valence-electron chi connectivity index (χ2n) is 5.45. The summed E-state index contributed by atoms with van der Waals surface area (Å²) in [5.74, 6) is 1.09. The molecule has 0 spiro atoms. The molecule has 1 aliphatic rings. The average Bonchev–Trinajstić information content (AvgIpc) is 2.54. The van der Waals surface area contributed by atoms with Gasteiger partial charge in [0.1, 0.15) is 11.9 Å². The van der Waals surface area contributed by atoms with Crippen LogP contribution in [0.3, 0.4) is 0 Å². The number of nitrogens with zero attached hydrogens (tertiary/aromatic N) is 3. The fourth-order valence-electron chi connectivity index (χ4n) is 2.66. The van der Waals surface area contributed by atoms with Gasteiger partial charge in [-0.1, -0.05) is 36.4 Å². The van der Waals surface area contributed by atoms with Gasteiger partial charge in [0, 0.05) is 20.5 Å². The van der Waals surface area contributed by atoms with Crippen LogP contribution in [-0.2, 0) is 6.42 Å². The van der Waals surface area contributed by atoms with Crippen LogP contribution in [0.5, 0.6) is 0 Å². The minimum atomic E-state index is 0. The van der Waals surface area contributed by atoms with Gasteiger partial charge in [-0.15, -0.1) is 12.4 Å². The summed E-state index contributed by atoms with van der Waals surface area (Å²) in [6.07, 6.45) is 0.871. The molecule has 0 radical (unpaired) electrons. The number of hydrogen-bond donors (Lipinski definition) is 0. The van der Waals surface area contributed by atoms with E-state index in [1.165, 1.54) is 11.1 Å². The second-order valence-corrected chi connectivity index (χ2v) is 5.45. The molecular weight excluding hydrogens is 294 g/mol. The van der Waals surface area contributed by atoms with Crippen LogP contribution in [0.15, 0.2) is 53.5 Å². The normalized spacial score (nSPS) is 15.9. The Labute approximate surface area is 137 Å². The van der Waals surface area contributed by atoms with Crippen molar-refractivity contribution in [3.63, 3.8) is 0 Å². The van der Waals surface area contributed by atoms with Crippen molar-refractivity contribution in [1.82, 2.24) is 4.90 Å². The lowest BCUT2D eigenvalue weighted by atomic mass is 9.90. The Hall–Kier alpha value is -2.31. The molecule has 0 saturated heterocycles. The molecule has 0 aliphatic carbocycles. The number of fused-ring (bicyclic) bond motifs is 1. The zero-order valence-corrected chi connectivity index (χ0v) is 13.5. The molecule has 0 amide bonds. The first kappa shape index (κ1) is 16.1. The molecule has 0 fully saturated rings. The minimum absolute atomic E-state index is 0. The van der Waals surface area contributed by atoms with E-state index >= 15 is 0 Å². The molecule has 0 aromatic heterocycles. The standard InChI is InChI=1S/C18H17N3.ClH/c1-21(2)17-11-15-5-3-4-6-16(15)18(20-17)14-9-7-13(12-19)8-10-14;/h3-10,18H,11H2,1-2H3;1H. The molecule has 4 heteroatoms. The predicted molar refractivity (Wildman–Crippen MR) is 91.5 cm³/mol. The smallest absolute Gasteiger partial charge is 0.104 e. The van der Waals surface area contributed by atoms with E-state index in [-0.39, 0.29) is 18.4 Å². The lowest BCUT2D eigenvalue weighted by Gasteiger charge is -2.27. The van der Waals surface area contributed by atoms with E-state index in [4.69, 9.17) is 10.3 Å². The van der Waals surface area contributed by atoms with Crippen molar-refractivity contribution in [3.05, 3.63) is 70.8 Å². The maximum atomic E-state index is 8.93. The van der Waals surface area contributed by atoms with Crippen molar-refractivity contribution in [2.24, 2.45) is 4.99 Å². The maximum absolute atomic E-state index is 8.93. The van der Waals surface area contributed by atoms with E-state index in [0.29, 0.717) is 5.56 Å². The van der Waals surface area contributed by atoms with E-state index in [2.05, 4.69) is 35.2 Å². The van der Waals surface area contributed by atoms with Gasteiger partial charge in [-0.25, -0.2) is 0 Å². The van der Waals surface area contributed by atoms with Gasteiger partial charge in [0.15, 0.2) is 0 Å². The number of benzene rings is 2. The van der Waals surface area contributed by atoms with Crippen LogP contribution in [0.25, 0.3) is 0 Å². The van der Waals surface area contributed by atoms with Gasteiger partial charge in [0.05, 0.1) is 11.6 Å². The largest absolute Gasteiger partial charge is 0.366 e. The number of amidine groups is 1. The van der Waals surface area contributed by atoms with Crippen LogP contribution in [0.4, 0.5) is 0 Å². The summed E-state index contributed by atoms with van der Waals surface area (Å²) in [5, 5.41) is 8.93. The Morgan fingerprint density at radius 1 is 1.09 bits per heavy atom. The van der Waals surface area contributed by atoms with Crippen molar-refractivity contribution in [1.29, 1.82) is 5.26 Å². The summed E-state index contributed by atoms with van der Waals surface area (Å²) in [7, 11) is 4.06. The van der Waals surface area contributed by atoms with E-state index in [9.17, 15) is 0 Å². The summed E-state index contributed by atoms with van der Waals surface area (Å²) < 4.78 is 0. The fourth-order valence-corrected chi connectivity index (χ4v) is 2.66. The van der Waals surface area contributed by atoms with Crippen molar-refractivity contribution in [2.75, 3.05) is 14.1 Å². The second kappa shape index (κ2) is 6.64. The quantitative estimate of drug-likeness (QED) is 0.807. The predicted octanol–water partition coefficient (Wildman–Crippen LogP) is 3.59. The molecule has 0 bridgehead atoms. The van der Waals surface area contributed by atoms with Gasteiger partial charge in [-0.05, 0) is 28.8 Å². The molecule has 1 aliphatic heterocycles. The lowest BCUT2D eigenvalue weighted by Crippen LogP contribution is -2.28. The number of nitriles is 1. The minimum Gasteiger partial charge on any atom is -0.366 e. The third kappa shape index (κ3) is 2.98. The van der Waals surface area contributed by atoms with Crippen LogP contribution in [-0.4, -0.2) is 24.8 Å². The molecule has 3 rings (SSSR count). The topological polar surface area (TPSA) is 39.4 Å². The van der Waals surface area contributed by atoms with Crippen LogP contribution in [0.2, 0.25) is 0 Å². The lowest BCUT2D eigenvalue weighted by molar-refractivity contribution is 0.592. The molecule has 22 heavy (non-hydrogen) atoms. The monoisotopic (exact) mass is 311 g/mol. The van der Waals surface area contributed by atoms with Gasteiger partial charge in [0.2, 0.25) is 0 Å². The van der Waals surface area contributed by atoms with Gasteiger partial charge in [-0.2, -0.15) is 5.26 Å².